The first-order chi connectivity index (χ1) is 9.52. The number of ether oxygens (including phenoxy) is 1. The van der Waals surface area contributed by atoms with E-state index >= 15 is 0 Å². The van der Waals surface area contributed by atoms with Gasteiger partial charge in [-0.25, -0.2) is 4.98 Å². The molecular formula is C12H15BrN4O3. The molecule has 0 fully saturated rings. The molecule has 0 saturated carbocycles. The summed E-state index contributed by atoms with van der Waals surface area (Å²) in [7, 11) is 1.59. The van der Waals surface area contributed by atoms with E-state index in [4.69, 9.17) is 10.00 Å². The van der Waals surface area contributed by atoms with Crippen molar-refractivity contribution >= 4 is 27.4 Å². The number of rotatable bonds is 7. The molecule has 0 aromatic carbocycles. The Bertz CT molecular complexity index is 530. The lowest BCUT2D eigenvalue weighted by Crippen LogP contribution is -2.29. The molecule has 0 spiro atoms. The summed E-state index contributed by atoms with van der Waals surface area (Å²) in [6.45, 7) is 3.19. The van der Waals surface area contributed by atoms with Crippen LogP contribution in [0.5, 0.6) is 0 Å². The smallest absolute Gasteiger partial charge is 0.291 e. The first-order valence-electron chi connectivity index (χ1n) is 5.93. The highest BCUT2D eigenvalue weighted by Crippen LogP contribution is 2.32. The highest BCUT2D eigenvalue weighted by atomic mass is 79.9. The Hall–Kier alpha value is -1.72. The van der Waals surface area contributed by atoms with Crippen molar-refractivity contribution in [3.8, 4) is 6.07 Å². The van der Waals surface area contributed by atoms with Gasteiger partial charge in [0.15, 0.2) is 0 Å². The maximum absolute atomic E-state index is 10.9. The zero-order valence-electron chi connectivity index (χ0n) is 11.3. The van der Waals surface area contributed by atoms with Crippen LogP contribution in [0.1, 0.15) is 12.0 Å². The number of methoxy groups -OCH3 is 1. The monoisotopic (exact) mass is 342 g/mol. The van der Waals surface area contributed by atoms with Gasteiger partial charge >= 0.3 is 0 Å². The molecule has 0 atom stereocenters. The normalized spacial score (nSPS) is 10.1. The Kier molecular flexibility index (Phi) is 6.35. The molecule has 0 aliphatic carbocycles. The highest BCUT2D eigenvalue weighted by Gasteiger charge is 2.20. The van der Waals surface area contributed by atoms with Gasteiger partial charge in [-0.2, -0.15) is 5.26 Å². The van der Waals surface area contributed by atoms with Gasteiger partial charge in [0.2, 0.25) is 0 Å². The molecule has 8 heteroatoms. The van der Waals surface area contributed by atoms with Crippen LogP contribution in [0.3, 0.4) is 0 Å². The third kappa shape index (κ3) is 3.88. The largest absolute Gasteiger partial charge is 0.383 e. The Labute approximate surface area is 125 Å². The number of pyridine rings is 1. The standard InChI is InChI=1S/C12H15BrN4O3/c1-9-10(17(18)19)8-15-12(11(9)13)16(5-3-4-14)6-7-20-2/h8H,3,5-7H2,1-2H3. The lowest BCUT2D eigenvalue weighted by atomic mass is 10.2. The van der Waals surface area contributed by atoms with E-state index in [0.717, 1.165) is 0 Å². The fourth-order valence-electron chi connectivity index (χ4n) is 1.67. The third-order valence-corrected chi connectivity index (χ3v) is 3.72. The van der Waals surface area contributed by atoms with Gasteiger partial charge in [-0.3, -0.25) is 10.1 Å². The molecule has 1 aromatic heterocycles. The third-order valence-electron chi connectivity index (χ3n) is 2.77. The average molecular weight is 343 g/mol. The molecule has 0 unspecified atom stereocenters. The molecule has 1 aromatic rings. The molecule has 7 nitrogen and oxygen atoms in total. The average Bonchev–Trinajstić information content (AvgIpc) is 2.42. The minimum Gasteiger partial charge on any atom is -0.383 e. The van der Waals surface area contributed by atoms with E-state index in [1.165, 1.54) is 6.20 Å². The van der Waals surface area contributed by atoms with Gasteiger partial charge in [0.1, 0.15) is 12.0 Å². The van der Waals surface area contributed by atoms with Crippen LogP contribution in [0.2, 0.25) is 0 Å². The Morgan fingerprint density at radius 2 is 2.30 bits per heavy atom. The lowest BCUT2D eigenvalue weighted by molar-refractivity contribution is -0.385. The van der Waals surface area contributed by atoms with Gasteiger partial charge in [-0.1, -0.05) is 0 Å². The van der Waals surface area contributed by atoms with Crippen LogP contribution in [0.25, 0.3) is 0 Å². The van der Waals surface area contributed by atoms with Crippen LogP contribution in [0, 0.1) is 28.4 Å². The number of halogens is 1. The quantitative estimate of drug-likeness (QED) is 0.558. The second-order valence-electron chi connectivity index (χ2n) is 4.05. The number of aromatic nitrogens is 1. The molecule has 0 radical (unpaired) electrons. The van der Waals surface area contributed by atoms with Crippen LogP contribution in [0.15, 0.2) is 10.7 Å². The van der Waals surface area contributed by atoms with E-state index in [9.17, 15) is 10.1 Å². The maximum atomic E-state index is 10.9. The summed E-state index contributed by atoms with van der Waals surface area (Å²) in [4.78, 5) is 16.4. The summed E-state index contributed by atoms with van der Waals surface area (Å²) in [5.41, 5.74) is 0.479. The van der Waals surface area contributed by atoms with E-state index < -0.39 is 4.92 Å². The molecule has 0 saturated heterocycles. The van der Waals surface area contributed by atoms with Crippen molar-refractivity contribution in [2.24, 2.45) is 0 Å². The summed E-state index contributed by atoms with van der Waals surface area (Å²) in [6, 6.07) is 2.07. The van der Waals surface area contributed by atoms with Crippen LogP contribution >= 0.6 is 15.9 Å². The molecule has 0 bridgehead atoms. The molecule has 1 heterocycles. The molecule has 108 valence electrons. The van der Waals surface area contributed by atoms with Crippen LogP contribution < -0.4 is 4.90 Å². The first kappa shape index (κ1) is 16.3. The predicted octanol–water partition coefficient (Wildman–Crippen LogP) is 2.43. The number of nitriles is 1. The summed E-state index contributed by atoms with van der Waals surface area (Å²) in [6.07, 6.45) is 1.58. The van der Waals surface area contributed by atoms with Crippen molar-refractivity contribution in [3.05, 3.63) is 26.3 Å². The summed E-state index contributed by atoms with van der Waals surface area (Å²) in [5.74, 6) is 0.584. The van der Waals surface area contributed by atoms with Crippen molar-refractivity contribution in [1.82, 2.24) is 4.98 Å². The van der Waals surface area contributed by atoms with Crippen molar-refractivity contribution in [2.75, 3.05) is 31.7 Å². The van der Waals surface area contributed by atoms with Crippen LogP contribution in [0.4, 0.5) is 11.5 Å². The second-order valence-corrected chi connectivity index (χ2v) is 4.84. The van der Waals surface area contributed by atoms with E-state index in [2.05, 4.69) is 27.0 Å². The molecule has 0 N–H and O–H groups in total. The predicted molar refractivity (Wildman–Crippen MR) is 77.6 cm³/mol. The molecule has 0 aliphatic rings. The van der Waals surface area contributed by atoms with Gasteiger partial charge in [0.05, 0.1) is 28.5 Å². The molecular weight excluding hydrogens is 328 g/mol. The van der Waals surface area contributed by atoms with Crippen LogP contribution in [-0.2, 0) is 4.74 Å². The summed E-state index contributed by atoms with van der Waals surface area (Å²) in [5, 5.41) is 19.6. The van der Waals surface area contributed by atoms with Crippen molar-refractivity contribution < 1.29 is 9.66 Å². The first-order valence-corrected chi connectivity index (χ1v) is 6.72. The van der Waals surface area contributed by atoms with Gasteiger partial charge in [-0.05, 0) is 22.9 Å². The summed E-state index contributed by atoms with van der Waals surface area (Å²) < 4.78 is 5.60. The van der Waals surface area contributed by atoms with E-state index in [1.54, 1.807) is 14.0 Å². The van der Waals surface area contributed by atoms with Gasteiger partial charge in [0.25, 0.3) is 5.69 Å². The van der Waals surface area contributed by atoms with E-state index in [0.29, 0.717) is 42.0 Å². The van der Waals surface area contributed by atoms with Crippen LogP contribution in [-0.4, -0.2) is 36.7 Å². The van der Waals surface area contributed by atoms with Gasteiger partial charge in [-0.15, -0.1) is 0 Å². The number of hydrogen-bond acceptors (Lipinski definition) is 6. The fourth-order valence-corrected chi connectivity index (χ4v) is 2.23. The number of hydrogen-bond donors (Lipinski definition) is 0. The minimum atomic E-state index is -0.467. The highest BCUT2D eigenvalue weighted by molar-refractivity contribution is 9.10. The van der Waals surface area contributed by atoms with Crippen molar-refractivity contribution in [2.45, 2.75) is 13.3 Å². The number of nitrogens with zero attached hydrogens (tertiary/aromatic N) is 4. The Morgan fingerprint density at radius 1 is 1.60 bits per heavy atom. The van der Waals surface area contributed by atoms with Gasteiger partial charge in [0, 0.05) is 25.8 Å². The Morgan fingerprint density at radius 3 is 2.85 bits per heavy atom. The maximum Gasteiger partial charge on any atom is 0.291 e. The molecule has 0 amide bonds. The second kappa shape index (κ2) is 7.77. The minimum absolute atomic E-state index is 0.0346. The molecule has 0 aliphatic heterocycles. The van der Waals surface area contributed by atoms with E-state index in [1.807, 2.05) is 4.90 Å². The van der Waals surface area contributed by atoms with E-state index in [-0.39, 0.29) is 5.69 Å². The van der Waals surface area contributed by atoms with Gasteiger partial charge < -0.3 is 9.64 Å². The molecule has 1 rings (SSSR count). The zero-order valence-corrected chi connectivity index (χ0v) is 12.9. The Balaban J connectivity index is 3.10. The number of nitro groups is 1. The molecule has 20 heavy (non-hydrogen) atoms. The lowest BCUT2D eigenvalue weighted by Gasteiger charge is -2.23. The van der Waals surface area contributed by atoms with Crippen molar-refractivity contribution in [1.29, 1.82) is 5.26 Å². The SMILES string of the molecule is COCCN(CCC#N)c1ncc([N+](=O)[O-])c(C)c1Br. The number of anilines is 1. The zero-order chi connectivity index (χ0) is 15.1. The fraction of sp³-hybridized carbons (Fsp3) is 0.500. The summed E-state index contributed by atoms with van der Waals surface area (Å²) >= 11 is 3.35. The topological polar surface area (TPSA) is 92.3 Å². The van der Waals surface area contributed by atoms with Crippen molar-refractivity contribution in [3.63, 3.8) is 0 Å².